The maximum absolute atomic E-state index is 11.3. The van der Waals surface area contributed by atoms with Crippen LogP contribution >= 0.6 is 15.9 Å². The van der Waals surface area contributed by atoms with Crippen LogP contribution < -0.4 is 0 Å². The first-order valence-electron chi connectivity index (χ1n) is 5.08. The number of benzene rings is 1. The van der Waals surface area contributed by atoms with Gasteiger partial charge in [-0.2, -0.15) is 0 Å². The molecule has 2 aromatic rings. The molecule has 1 atom stereocenters. The van der Waals surface area contributed by atoms with Crippen molar-refractivity contribution in [1.29, 1.82) is 0 Å². The van der Waals surface area contributed by atoms with Crippen molar-refractivity contribution in [3.63, 3.8) is 0 Å². The Bertz CT molecular complexity index is 559. The summed E-state index contributed by atoms with van der Waals surface area (Å²) in [6, 6.07) is 5.93. The highest BCUT2D eigenvalue weighted by Gasteiger charge is 2.14. The van der Waals surface area contributed by atoms with Crippen LogP contribution in [0, 0.1) is 6.92 Å². The number of carbonyl (C=O) groups excluding carboxylic acids is 1. The fourth-order valence-electron chi connectivity index (χ4n) is 1.73. The Hall–Kier alpha value is -1.16. The van der Waals surface area contributed by atoms with E-state index in [0.29, 0.717) is 0 Å². The molecule has 16 heavy (non-hydrogen) atoms. The Labute approximate surface area is 103 Å². The van der Waals surface area contributed by atoms with Crippen molar-refractivity contribution < 1.29 is 4.79 Å². The molecule has 4 heteroatoms. The number of nitrogens with zero attached hydrogens (tertiary/aromatic N) is 2. The van der Waals surface area contributed by atoms with E-state index in [2.05, 4.69) is 20.9 Å². The molecule has 0 radical (unpaired) electrons. The van der Waals surface area contributed by atoms with Crippen molar-refractivity contribution in [2.75, 3.05) is 0 Å². The first-order chi connectivity index (χ1) is 7.50. The van der Waals surface area contributed by atoms with Gasteiger partial charge < -0.3 is 4.57 Å². The second-order valence-electron chi connectivity index (χ2n) is 3.94. The molecule has 1 heterocycles. The number of rotatable bonds is 2. The fourth-order valence-corrected chi connectivity index (χ4v) is 2.01. The summed E-state index contributed by atoms with van der Waals surface area (Å²) in [5.41, 5.74) is 2.98. The molecular weight excluding hydrogens is 268 g/mol. The van der Waals surface area contributed by atoms with Gasteiger partial charge in [0.2, 0.25) is 0 Å². The van der Waals surface area contributed by atoms with Crippen LogP contribution in [0.3, 0.4) is 0 Å². The minimum Gasteiger partial charge on any atom is -0.331 e. The van der Waals surface area contributed by atoms with Crippen molar-refractivity contribution in [3.05, 3.63) is 29.6 Å². The smallest absolute Gasteiger partial charge is 0.147 e. The number of alkyl halides is 1. The Morgan fingerprint density at radius 1 is 1.50 bits per heavy atom. The summed E-state index contributed by atoms with van der Waals surface area (Å²) in [4.78, 5) is 15.5. The quantitative estimate of drug-likeness (QED) is 0.793. The summed E-state index contributed by atoms with van der Waals surface area (Å²) >= 11 is 3.38. The number of hydrogen-bond donors (Lipinski definition) is 0. The average molecular weight is 281 g/mol. The summed E-state index contributed by atoms with van der Waals surface area (Å²) in [5.74, 6) is 1.08. The maximum Gasteiger partial charge on any atom is 0.147 e. The third-order valence-corrected chi connectivity index (χ3v) is 3.95. The van der Waals surface area contributed by atoms with Gasteiger partial charge in [0.1, 0.15) is 11.6 Å². The van der Waals surface area contributed by atoms with E-state index in [1.807, 2.05) is 36.7 Å². The number of fused-ring (bicyclic) bond motifs is 1. The van der Waals surface area contributed by atoms with E-state index in [0.717, 1.165) is 22.4 Å². The third-order valence-electron chi connectivity index (χ3n) is 2.78. The molecule has 0 saturated heterocycles. The van der Waals surface area contributed by atoms with Crippen molar-refractivity contribution in [2.45, 2.75) is 18.7 Å². The minimum atomic E-state index is -0.237. The zero-order valence-corrected chi connectivity index (χ0v) is 11.1. The normalized spacial score (nSPS) is 13.0. The van der Waals surface area contributed by atoms with Crippen LogP contribution in [-0.4, -0.2) is 15.3 Å². The molecule has 0 saturated carbocycles. The van der Waals surface area contributed by atoms with Gasteiger partial charge in [0.25, 0.3) is 0 Å². The van der Waals surface area contributed by atoms with Gasteiger partial charge in [-0.1, -0.05) is 22.0 Å². The SMILES string of the molecule is CC(=O)C(Br)c1ccc2c(c1)nc(C)n2C. The monoisotopic (exact) mass is 280 g/mol. The van der Waals surface area contributed by atoms with Gasteiger partial charge in [-0.15, -0.1) is 0 Å². The Morgan fingerprint density at radius 2 is 2.19 bits per heavy atom. The summed E-state index contributed by atoms with van der Waals surface area (Å²) in [6.07, 6.45) is 0. The summed E-state index contributed by atoms with van der Waals surface area (Å²) in [7, 11) is 1.99. The molecule has 2 rings (SSSR count). The molecule has 1 aromatic heterocycles. The highest BCUT2D eigenvalue weighted by atomic mass is 79.9. The number of aryl methyl sites for hydroxylation is 2. The molecule has 84 valence electrons. The van der Waals surface area contributed by atoms with Crippen molar-refractivity contribution >= 4 is 32.7 Å². The van der Waals surface area contributed by atoms with Crippen LogP contribution in [0.5, 0.6) is 0 Å². The number of imidazole rings is 1. The predicted molar refractivity (Wildman–Crippen MR) is 67.8 cm³/mol. The van der Waals surface area contributed by atoms with Crippen molar-refractivity contribution in [3.8, 4) is 0 Å². The lowest BCUT2D eigenvalue weighted by molar-refractivity contribution is -0.116. The number of Topliss-reactive ketones (excluding diaryl/α,β-unsaturated/α-hetero) is 1. The average Bonchev–Trinajstić information content (AvgIpc) is 2.53. The number of hydrogen-bond acceptors (Lipinski definition) is 2. The van der Waals surface area contributed by atoms with E-state index in [9.17, 15) is 4.79 Å². The Balaban J connectivity index is 2.56. The molecule has 3 nitrogen and oxygen atoms in total. The molecule has 0 aliphatic carbocycles. The number of carbonyl (C=O) groups is 1. The Kier molecular flexibility index (Phi) is 2.84. The lowest BCUT2D eigenvalue weighted by Gasteiger charge is -2.05. The van der Waals surface area contributed by atoms with Gasteiger partial charge in [-0.3, -0.25) is 4.79 Å². The van der Waals surface area contributed by atoms with Crippen LogP contribution in [0.4, 0.5) is 0 Å². The first-order valence-corrected chi connectivity index (χ1v) is 6.00. The topological polar surface area (TPSA) is 34.9 Å². The molecule has 0 fully saturated rings. The molecule has 1 unspecified atom stereocenters. The molecular formula is C12H13BrN2O. The van der Waals surface area contributed by atoms with Crippen LogP contribution in [-0.2, 0) is 11.8 Å². The van der Waals surface area contributed by atoms with Gasteiger partial charge in [-0.25, -0.2) is 4.98 Å². The minimum absolute atomic E-state index is 0.104. The van der Waals surface area contributed by atoms with E-state index >= 15 is 0 Å². The second kappa shape index (κ2) is 4.01. The molecule has 0 bridgehead atoms. The Morgan fingerprint density at radius 3 is 2.81 bits per heavy atom. The number of aromatic nitrogens is 2. The highest BCUT2D eigenvalue weighted by Crippen LogP contribution is 2.26. The lowest BCUT2D eigenvalue weighted by Crippen LogP contribution is -2.00. The zero-order chi connectivity index (χ0) is 11.9. The zero-order valence-electron chi connectivity index (χ0n) is 9.49. The number of ketones is 1. The van der Waals surface area contributed by atoms with Crippen LogP contribution in [0.25, 0.3) is 11.0 Å². The summed E-state index contributed by atoms with van der Waals surface area (Å²) < 4.78 is 2.04. The van der Waals surface area contributed by atoms with Gasteiger partial charge in [-0.05, 0) is 31.5 Å². The summed E-state index contributed by atoms with van der Waals surface area (Å²) in [6.45, 7) is 3.55. The molecule has 0 aliphatic rings. The van der Waals surface area contributed by atoms with Gasteiger partial charge in [0, 0.05) is 7.05 Å². The highest BCUT2D eigenvalue weighted by molar-refractivity contribution is 9.09. The predicted octanol–water partition coefficient (Wildman–Crippen LogP) is 2.91. The maximum atomic E-state index is 11.3. The molecule has 1 aromatic carbocycles. The standard InChI is InChI=1S/C12H13BrN2O/c1-7(16)12(13)9-4-5-11-10(6-9)14-8(2)15(11)3/h4-6,12H,1-3H3. The van der Waals surface area contributed by atoms with Gasteiger partial charge in [0.15, 0.2) is 0 Å². The van der Waals surface area contributed by atoms with Gasteiger partial charge >= 0.3 is 0 Å². The van der Waals surface area contributed by atoms with Gasteiger partial charge in [0.05, 0.1) is 15.9 Å². The molecule has 0 spiro atoms. The fraction of sp³-hybridized carbons (Fsp3) is 0.333. The lowest BCUT2D eigenvalue weighted by atomic mass is 10.1. The first kappa shape index (κ1) is 11.3. The largest absolute Gasteiger partial charge is 0.331 e. The van der Waals surface area contributed by atoms with Crippen LogP contribution in [0.2, 0.25) is 0 Å². The van der Waals surface area contributed by atoms with E-state index in [1.54, 1.807) is 6.92 Å². The van der Waals surface area contributed by atoms with Crippen LogP contribution in [0.15, 0.2) is 18.2 Å². The van der Waals surface area contributed by atoms with E-state index in [4.69, 9.17) is 0 Å². The van der Waals surface area contributed by atoms with E-state index in [1.165, 1.54) is 0 Å². The molecule has 0 N–H and O–H groups in total. The van der Waals surface area contributed by atoms with Crippen molar-refractivity contribution in [1.82, 2.24) is 9.55 Å². The van der Waals surface area contributed by atoms with E-state index in [-0.39, 0.29) is 10.6 Å². The van der Waals surface area contributed by atoms with E-state index < -0.39 is 0 Å². The molecule has 0 amide bonds. The third kappa shape index (κ3) is 1.78. The van der Waals surface area contributed by atoms with Crippen LogP contribution in [0.1, 0.15) is 23.1 Å². The second-order valence-corrected chi connectivity index (χ2v) is 4.86. The van der Waals surface area contributed by atoms with Crippen molar-refractivity contribution in [2.24, 2.45) is 7.05 Å². The molecule has 0 aliphatic heterocycles. The number of halogens is 1. The summed E-state index contributed by atoms with van der Waals surface area (Å²) in [5, 5.41) is 0.